The second-order valence-electron chi connectivity index (χ2n) is 10.3. The Bertz CT molecular complexity index is 1430. The average Bonchev–Trinajstić information content (AvgIpc) is 3.65. The summed E-state index contributed by atoms with van der Waals surface area (Å²) in [6.45, 7) is 4.04. The van der Waals surface area contributed by atoms with Crippen LogP contribution in [-0.4, -0.2) is 62.4 Å². The van der Waals surface area contributed by atoms with Gasteiger partial charge in [-0.05, 0) is 42.5 Å². The Morgan fingerprint density at radius 1 is 0.923 bits per heavy atom. The molecule has 39 heavy (non-hydrogen) atoms. The number of fused-ring (bicyclic) bond motifs is 1. The van der Waals surface area contributed by atoms with Gasteiger partial charge in [-0.2, -0.15) is 4.31 Å². The molecule has 0 N–H and O–H groups in total. The van der Waals surface area contributed by atoms with Crippen LogP contribution in [-0.2, 0) is 33.4 Å². The van der Waals surface area contributed by atoms with E-state index >= 15 is 0 Å². The van der Waals surface area contributed by atoms with Crippen molar-refractivity contribution in [1.29, 1.82) is 0 Å². The number of nitrogens with zero attached hydrogens (tertiary/aromatic N) is 3. The third-order valence-corrected chi connectivity index (χ3v) is 9.79. The van der Waals surface area contributed by atoms with Crippen molar-refractivity contribution in [2.24, 2.45) is 0 Å². The van der Waals surface area contributed by atoms with Crippen LogP contribution in [0, 0.1) is 0 Å². The summed E-state index contributed by atoms with van der Waals surface area (Å²) in [6.07, 6.45) is 2.04. The maximum atomic E-state index is 13.9. The summed E-state index contributed by atoms with van der Waals surface area (Å²) >= 11 is 0. The van der Waals surface area contributed by atoms with Gasteiger partial charge in [0.2, 0.25) is 22.7 Å². The molecule has 2 heterocycles. The number of carbonyl (C=O) groups is 1. The Morgan fingerprint density at radius 3 is 2.15 bits per heavy atom. The number of hydrogen-bond acceptors (Lipinski definition) is 6. The standard InChI is InChI=1S/C30H35N3O5S/c1-30(33-16-10-11-17-33,25-14-8-5-9-15-25)32(3)29(34)19-24-18-26-27(38-22-37-26)20-28(24)39(35,36)31(2)21-23-12-6-4-7-13-23/h4-9,12-15,18,20H,10-11,16-17,19,21-22H2,1-3H3/t30-/m1/s1. The minimum absolute atomic E-state index is 0.00696. The summed E-state index contributed by atoms with van der Waals surface area (Å²) < 4.78 is 40.0. The molecule has 1 atom stereocenters. The summed E-state index contributed by atoms with van der Waals surface area (Å²) in [5, 5.41) is 0. The zero-order chi connectivity index (χ0) is 27.6. The molecule has 8 nitrogen and oxygen atoms in total. The Kier molecular flexibility index (Phi) is 7.66. The van der Waals surface area contributed by atoms with Gasteiger partial charge >= 0.3 is 0 Å². The molecule has 9 heteroatoms. The van der Waals surface area contributed by atoms with Crippen LogP contribution < -0.4 is 9.47 Å². The molecule has 1 fully saturated rings. The zero-order valence-electron chi connectivity index (χ0n) is 22.7. The molecule has 2 aliphatic heterocycles. The monoisotopic (exact) mass is 549 g/mol. The quantitative estimate of drug-likeness (QED) is 0.398. The van der Waals surface area contributed by atoms with Gasteiger partial charge in [-0.25, -0.2) is 8.42 Å². The zero-order valence-corrected chi connectivity index (χ0v) is 23.5. The summed E-state index contributed by atoms with van der Waals surface area (Å²) in [7, 11) is -0.599. The van der Waals surface area contributed by atoms with Crippen LogP contribution in [0.25, 0.3) is 0 Å². The van der Waals surface area contributed by atoms with E-state index < -0.39 is 15.7 Å². The van der Waals surface area contributed by atoms with Crippen LogP contribution in [0.5, 0.6) is 11.5 Å². The molecule has 5 rings (SSSR count). The molecule has 0 saturated carbocycles. The van der Waals surface area contributed by atoms with Crippen molar-refractivity contribution >= 4 is 15.9 Å². The molecule has 2 aliphatic rings. The van der Waals surface area contributed by atoms with Gasteiger partial charge < -0.3 is 14.4 Å². The first-order valence-corrected chi connectivity index (χ1v) is 14.7. The number of sulfonamides is 1. The third-order valence-electron chi connectivity index (χ3n) is 7.90. The Morgan fingerprint density at radius 2 is 1.51 bits per heavy atom. The molecule has 0 bridgehead atoms. The maximum Gasteiger partial charge on any atom is 0.243 e. The number of amides is 1. The Hall–Kier alpha value is -3.40. The number of likely N-dealkylation sites (tertiary alicyclic amines) is 1. The lowest BCUT2D eigenvalue weighted by molar-refractivity contribution is -0.143. The molecular formula is C30H35N3O5S. The SMILES string of the molecule is CN(C(=O)Cc1cc2c(cc1S(=O)(=O)N(C)Cc1ccccc1)OCO2)[C@@](C)(c1ccccc1)N1CCCC1. The third kappa shape index (κ3) is 5.26. The van der Waals surface area contributed by atoms with E-state index in [9.17, 15) is 13.2 Å². The molecule has 206 valence electrons. The van der Waals surface area contributed by atoms with Crippen LogP contribution in [0.1, 0.15) is 36.5 Å². The topological polar surface area (TPSA) is 79.4 Å². The van der Waals surface area contributed by atoms with Gasteiger partial charge in [-0.3, -0.25) is 9.69 Å². The van der Waals surface area contributed by atoms with E-state index in [1.165, 1.54) is 10.4 Å². The summed E-state index contributed by atoms with van der Waals surface area (Å²) in [4.78, 5) is 18.1. The maximum absolute atomic E-state index is 13.9. The summed E-state index contributed by atoms with van der Waals surface area (Å²) in [5.74, 6) is 0.613. The highest BCUT2D eigenvalue weighted by molar-refractivity contribution is 7.89. The van der Waals surface area contributed by atoms with Gasteiger partial charge in [0.25, 0.3) is 0 Å². The van der Waals surface area contributed by atoms with Gasteiger partial charge in [-0.1, -0.05) is 60.7 Å². The van der Waals surface area contributed by atoms with E-state index in [-0.39, 0.29) is 30.6 Å². The van der Waals surface area contributed by atoms with Crippen molar-refractivity contribution in [1.82, 2.24) is 14.1 Å². The molecular weight excluding hydrogens is 514 g/mol. The van der Waals surface area contributed by atoms with Gasteiger partial charge in [0.05, 0.1) is 11.3 Å². The van der Waals surface area contributed by atoms with Crippen LogP contribution in [0.3, 0.4) is 0 Å². The fraction of sp³-hybridized carbons (Fsp3) is 0.367. The van der Waals surface area contributed by atoms with Gasteiger partial charge in [0.15, 0.2) is 11.5 Å². The number of hydrogen-bond donors (Lipinski definition) is 0. The summed E-state index contributed by atoms with van der Waals surface area (Å²) in [6, 6.07) is 22.5. The number of ether oxygens (including phenoxy) is 2. The van der Waals surface area contributed by atoms with E-state index in [0.717, 1.165) is 37.1 Å². The van der Waals surface area contributed by atoms with Crippen molar-refractivity contribution in [3.05, 3.63) is 89.5 Å². The van der Waals surface area contributed by atoms with Crippen molar-refractivity contribution in [3.63, 3.8) is 0 Å². The molecule has 3 aromatic rings. The first-order chi connectivity index (χ1) is 18.7. The highest BCUT2D eigenvalue weighted by atomic mass is 32.2. The summed E-state index contributed by atoms with van der Waals surface area (Å²) in [5.41, 5.74) is 1.59. The lowest BCUT2D eigenvalue weighted by Crippen LogP contribution is -2.56. The number of carbonyl (C=O) groups excluding carboxylic acids is 1. The smallest absolute Gasteiger partial charge is 0.243 e. The lowest BCUT2D eigenvalue weighted by atomic mass is 9.97. The van der Waals surface area contributed by atoms with Crippen molar-refractivity contribution in [2.45, 2.75) is 43.3 Å². The van der Waals surface area contributed by atoms with Gasteiger partial charge in [0, 0.05) is 39.8 Å². The molecule has 0 unspecified atom stereocenters. The van der Waals surface area contributed by atoms with E-state index in [2.05, 4.69) is 11.8 Å². The van der Waals surface area contributed by atoms with Crippen LogP contribution in [0.15, 0.2) is 77.7 Å². The highest BCUT2D eigenvalue weighted by Gasteiger charge is 2.41. The molecule has 1 amide bonds. The van der Waals surface area contributed by atoms with Crippen molar-refractivity contribution in [3.8, 4) is 11.5 Å². The second-order valence-corrected chi connectivity index (χ2v) is 12.3. The van der Waals surface area contributed by atoms with Crippen LogP contribution in [0.4, 0.5) is 0 Å². The Labute approximate surface area is 230 Å². The Balaban J connectivity index is 1.48. The van der Waals surface area contributed by atoms with Crippen LogP contribution >= 0.6 is 0 Å². The van der Waals surface area contributed by atoms with Crippen molar-refractivity contribution in [2.75, 3.05) is 34.0 Å². The molecule has 0 aliphatic carbocycles. The average molecular weight is 550 g/mol. The molecule has 3 aromatic carbocycles. The predicted octanol–water partition coefficient (Wildman–Crippen LogP) is 4.21. The molecule has 0 radical (unpaired) electrons. The number of benzene rings is 3. The normalized spacial score (nSPS) is 16.8. The molecule has 1 saturated heterocycles. The molecule has 0 spiro atoms. The predicted molar refractivity (Wildman–Crippen MR) is 149 cm³/mol. The van der Waals surface area contributed by atoms with Gasteiger partial charge in [0.1, 0.15) is 5.66 Å². The van der Waals surface area contributed by atoms with E-state index in [1.807, 2.05) is 60.7 Å². The first kappa shape index (κ1) is 27.2. The fourth-order valence-electron chi connectivity index (χ4n) is 5.46. The number of likely N-dealkylation sites (N-methyl/N-ethyl adjacent to an activating group) is 1. The van der Waals surface area contributed by atoms with Gasteiger partial charge in [-0.15, -0.1) is 0 Å². The minimum Gasteiger partial charge on any atom is -0.454 e. The second kappa shape index (κ2) is 11.0. The highest BCUT2D eigenvalue weighted by Crippen LogP contribution is 2.39. The number of rotatable bonds is 9. The molecule has 0 aromatic heterocycles. The van der Waals surface area contributed by atoms with Crippen molar-refractivity contribution < 1.29 is 22.7 Å². The lowest BCUT2D eigenvalue weighted by Gasteiger charge is -2.46. The fourth-order valence-corrected chi connectivity index (χ4v) is 6.83. The largest absolute Gasteiger partial charge is 0.454 e. The van der Waals surface area contributed by atoms with E-state index in [0.29, 0.717) is 17.1 Å². The van der Waals surface area contributed by atoms with E-state index in [1.54, 1.807) is 25.1 Å². The van der Waals surface area contributed by atoms with E-state index in [4.69, 9.17) is 9.47 Å². The first-order valence-electron chi connectivity index (χ1n) is 13.2. The minimum atomic E-state index is -3.95. The van der Waals surface area contributed by atoms with Crippen LogP contribution in [0.2, 0.25) is 0 Å².